The molecule has 1 aliphatic carbocycles. The zero-order chi connectivity index (χ0) is 13.7. The summed E-state index contributed by atoms with van der Waals surface area (Å²) in [4.78, 5) is 14.5. The van der Waals surface area contributed by atoms with Gasteiger partial charge in [0.05, 0.1) is 0 Å². The highest BCUT2D eigenvalue weighted by molar-refractivity contribution is 5.76. The molecule has 0 aromatic heterocycles. The Morgan fingerprint density at radius 2 is 2.11 bits per heavy atom. The quantitative estimate of drug-likeness (QED) is 0.801. The maximum atomic E-state index is 12.4. The number of hydrogen-bond donors (Lipinski definition) is 1. The maximum absolute atomic E-state index is 12.4. The summed E-state index contributed by atoms with van der Waals surface area (Å²) in [6.45, 7) is 8.51. The number of nitrogens with one attached hydrogen (secondary N) is 1. The number of piperidine rings is 1. The molecule has 1 heterocycles. The van der Waals surface area contributed by atoms with Crippen molar-refractivity contribution in [3.8, 4) is 0 Å². The molecule has 2 atom stereocenters. The van der Waals surface area contributed by atoms with Gasteiger partial charge in [0.2, 0.25) is 5.91 Å². The summed E-state index contributed by atoms with van der Waals surface area (Å²) in [5, 5.41) is 3.46. The third-order valence-electron chi connectivity index (χ3n) is 5.07. The predicted molar refractivity (Wildman–Crippen MR) is 79.0 cm³/mol. The zero-order valence-electron chi connectivity index (χ0n) is 12.7. The van der Waals surface area contributed by atoms with Crippen LogP contribution < -0.4 is 5.32 Å². The Kier molecular flexibility index (Phi) is 5.68. The molecule has 3 heteroatoms. The van der Waals surface area contributed by atoms with Crippen molar-refractivity contribution >= 4 is 5.91 Å². The lowest BCUT2D eigenvalue weighted by molar-refractivity contribution is -0.133. The lowest BCUT2D eigenvalue weighted by atomic mass is 9.84. The van der Waals surface area contributed by atoms with E-state index in [1.54, 1.807) is 0 Å². The van der Waals surface area contributed by atoms with Gasteiger partial charge in [-0.3, -0.25) is 4.79 Å². The highest BCUT2D eigenvalue weighted by atomic mass is 16.2. The van der Waals surface area contributed by atoms with E-state index in [4.69, 9.17) is 0 Å². The number of carbonyl (C=O) groups excluding carboxylic acids is 1. The fraction of sp³-hybridized carbons (Fsp3) is 0.938. The number of carbonyl (C=O) groups is 1. The summed E-state index contributed by atoms with van der Waals surface area (Å²) in [5.41, 5.74) is 0. The fourth-order valence-electron chi connectivity index (χ4n) is 3.33. The first-order valence-corrected chi connectivity index (χ1v) is 8.19. The summed E-state index contributed by atoms with van der Waals surface area (Å²) >= 11 is 0. The van der Waals surface area contributed by atoms with Gasteiger partial charge < -0.3 is 10.2 Å². The van der Waals surface area contributed by atoms with Gasteiger partial charge >= 0.3 is 0 Å². The lowest BCUT2D eigenvalue weighted by Gasteiger charge is -2.33. The van der Waals surface area contributed by atoms with Crippen LogP contribution in [0.3, 0.4) is 0 Å². The van der Waals surface area contributed by atoms with Crippen molar-refractivity contribution < 1.29 is 4.79 Å². The van der Waals surface area contributed by atoms with E-state index < -0.39 is 0 Å². The van der Waals surface area contributed by atoms with Crippen molar-refractivity contribution in [2.45, 2.75) is 52.4 Å². The van der Waals surface area contributed by atoms with Crippen molar-refractivity contribution in [2.75, 3.05) is 26.2 Å². The first kappa shape index (κ1) is 14.8. The van der Waals surface area contributed by atoms with Gasteiger partial charge in [-0.1, -0.05) is 13.3 Å². The summed E-state index contributed by atoms with van der Waals surface area (Å²) in [5.74, 6) is 2.39. The van der Waals surface area contributed by atoms with Crippen LogP contribution in [0.4, 0.5) is 0 Å². The minimum atomic E-state index is 0.382. The molecule has 1 amide bonds. The maximum Gasteiger partial charge on any atom is 0.222 e. The molecule has 2 rings (SSSR count). The molecule has 1 N–H and O–H groups in total. The standard InChI is InChI=1S/C16H30N2O/c1-3-18(12-14-6-4-7-14)16(19)10-13(2)15-8-5-9-17-11-15/h13-15,17H,3-12H2,1-2H3. The Morgan fingerprint density at radius 1 is 1.32 bits per heavy atom. The van der Waals surface area contributed by atoms with Crippen LogP contribution in [0.2, 0.25) is 0 Å². The highest BCUT2D eigenvalue weighted by Gasteiger charge is 2.26. The topological polar surface area (TPSA) is 32.3 Å². The fourth-order valence-corrected chi connectivity index (χ4v) is 3.33. The van der Waals surface area contributed by atoms with Gasteiger partial charge in [0.25, 0.3) is 0 Å². The van der Waals surface area contributed by atoms with Crippen molar-refractivity contribution in [3.63, 3.8) is 0 Å². The molecule has 0 radical (unpaired) electrons. The number of rotatable bonds is 6. The third-order valence-corrected chi connectivity index (χ3v) is 5.07. The van der Waals surface area contributed by atoms with E-state index in [0.29, 0.717) is 17.7 Å². The number of hydrogen-bond acceptors (Lipinski definition) is 2. The van der Waals surface area contributed by atoms with Crippen LogP contribution in [-0.4, -0.2) is 37.0 Å². The lowest BCUT2D eigenvalue weighted by Crippen LogP contribution is -2.40. The van der Waals surface area contributed by atoms with Crippen molar-refractivity contribution in [1.82, 2.24) is 10.2 Å². The van der Waals surface area contributed by atoms with Crippen molar-refractivity contribution in [2.24, 2.45) is 17.8 Å². The van der Waals surface area contributed by atoms with E-state index >= 15 is 0 Å². The second-order valence-electron chi connectivity index (χ2n) is 6.52. The molecule has 0 spiro atoms. The second-order valence-corrected chi connectivity index (χ2v) is 6.52. The van der Waals surface area contributed by atoms with Crippen LogP contribution in [0, 0.1) is 17.8 Å². The molecular formula is C16H30N2O. The monoisotopic (exact) mass is 266 g/mol. The molecule has 3 nitrogen and oxygen atoms in total. The zero-order valence-corrected chi connectivity index (χ0v) is 12.7. The molecule has 1 saturated carbocycles. The van der Waals surface area contributed by atoms with Crippen LogP contribution >= 0.6 is 0 Å². The minimum absolute atomic E-state index is 0.382. The van der Waals surface area contributed by atoms with E-state index in [9.17, 15) is 4.79 Å². The van der Waals surface area contributed by atoms with E-state index in [1.807, 2.05) is 0 Å². The van der Waals surface area contributed by atoms with Crippen molar-refractivity contribution in [3.05, 3.63) is 0 Å². The number of amides is 1. The second kappa shape index (κ2) is 7.28. The molecular weight excluding hydrogens is 236 g/mol. The molecule has 1 saturated heterocycles. The molecule has 0 bridgehead atoms. The Bertz CT molecular complexity index is 282. The van der Waals surface area contributed by atoms with Gasteiger partial charge in [0, 0.05) is 19.5 Å². The molecule has 2 aliphatic rings. The van der Waals surface area contributed by atoms with Gasteiger partial charge in [0.15, 0.2) is 0 Å². The van der Waals surface area contributed by atoms with Crippen molar-refractivity contribution in [1.29, 1.82) is 0 Å². The van der Waals surface area contributed by atoms with Gasteiger partial charge in [-0.2, -0.15) is 0 Å². The Morgan fingerprint density at radius 3 is 2.63 bits per heavy atom. The highest BCUT2D eigenvalue weighted by Crippen LogP contribution is 2.28. The first-order valence-electron chi connectivity index (χ1n) is 8.19. The summed E-state index contributed by atoms with van der Waals surface area (Å²) < 4.78 is 0. The molecule has 2 unspecified atom stereocenters. The first-order chi connectivity index (χ1) is 9.20. The van der Waals surface area contributed by atoms with Crippen LogP contribution in [0.5, 0.6) is 0 Å². The molecule has 0 aromatic carbocycles. The van der Waals surface area contributed by atoms with Crippen LogP contribution in [0.15, 0.2) is 0 Å². The average Bonchev–Trinajstić information content (AvgIpc) is 2.38. The Hall–Kier alpha value is -0.570. The van der Waals surface area contributed by atoms with E-state index in [2.05, 4.69) is 24.1 Å². The van der Waals surface area contributed by atoms with E-state index in [0.717, 1.165) is 38.5 Å². The average molecular weight is 266 g/mol. The van der Waals surface area contributed by atoms with Gasteiger partial charge in [-0.25, -0.2) is 0 Å². The predicted octanol–water partition coefficient (Wildman–Crippen LogP) is 2.66. The minimum Gasteiger partial charge on any atom is -0.343 e. The SMILES string of the molecule is CCN(CC1CCC1)C(=O)CC(C)C1CCCNC1. The van der Waals surface area contributed by atoms with Gasteiger partial charge in [-0.05, 0) is 63.5 Å². The van der Waals surface area contributed by atoms with E-state index in [1.165, 1.54) is 32.1 Å². The summed E-state index contributed by atoms with van der Waals surface area (Å²) in [7, 11) is 0. The largest absolute Gasteiger partial charge is 0.343 e. The van der Waals surface area contributed by atoms with Crippen LogP contribution in [0.25, 0.3) is 0 Å². The molecule has 0 aromatic rings. The van der Waals surface area contributed by atoms with Gasteiger partial charge in [0.1, 0.15) is 0 Å². The Balaban J connectivity index is 1.76. The van der Waals surface area contributed by atoms with Gasteiger partial charge in [-0.15, -0.1) is 0 Å². The Labute approximate surface area is 118 Å². The van der Waals surface area contributed by atoms with E-state index in [-0.39, 0.29) is 0 Å². The summed E-state index contributed by atoms with van der Waals surface area (Å²) in [6.07, 6.45) is 7.31. The number of nitrogens with zero attached hydrogens (tertiary/aromatic N) is 1. The van der Waals surface area contributed by atoms with Crippen LogP contribution in [0.1, 0.15) is 52.4 Å². The molecule has 1 aliphatic heterocycles. The van der Waals surface area contributed by atoms with Crippen LogP contribution in [-0.2, 0) is 4.79 Å². The summed E-state index contributed by atoms with van der Waals surface area (Å²) in [6, 6.07) is 0. The smallest absolute Gasteiger partial charge is 0.222 e. The normalized spacial score (nSPS) is 25.7. The third kappa shape index (κ3) is 4.20. The molecule has 110 valence electrons. The molecule has 2 fully saturated rings. The molecule has 19 heavy (non-hydrogen) atoms.